The van der Waals surface area contributed by atoms with E-state index in [0.29, 0.717) is 0 Å². The topological polar surface area (TPSA) is 35.2 Å². The number of nitrogens with two attached hydrogens (primary N) is 1. The molecule has 1 heterocycles. The Balaban J connectivity index is 2.02. The van der Waals surface area contributed by atoms with E-state index < -0.39 is 0 Å². The van der Waals surface area contributed by atoms with Gasteiger partial charge in [0.25, 0.3) is 0 Å². The Morgan fingerprint density at radius 1 is 1.21 bits per heavy atom. The summed E-state index contributed by atoms with van der Waals surface area (Å²) in [6.45, 7) is 0. The summed E-state index contributed by atoms with van der Waals surface area (Å²) in [5.74, 6) is 0. The number of methoxy groups -OCH3 is 1. The van der Waals surface area contributed by atoms with Crippen LogP contribution in [-0.2, 0) is 4.74 Å². The van der Waals surface area contributed by atoms with Crippen molar-refractivity contribution in [2.45, 2.75) is 43.7 Å². The number of fused-ring (bicyclic) bond motifs is 1. The van der Waals surface area contributed by atoms with E-state index in [-0.39, 0.29) is 11.6 Å². The Labute approximate surface area is 118 Å². The minimum Gasteiger partial charge on any atom is -0.376 e. The van der Waals surface area contributed by atoms with Gasteiger partial charge in [-0.25, -0.2) is 0 Å². The SMILES string of the molecule is COC1(C(N)c2cccc3ccsc23)CCCCC1. The van der Waals surface area contributed by atoms with E-state index in [1.807, 2.05) is 7.11 Å². The second kappa shape index (κ2) is 5.23. The standard InChI is InChI=1S/C16H21NOS/c1-18-16(9-3-2-4-10-16)15(17)13-7-5-6-12-8-11-19-14(12)13/h5-8,11,15H,2-4,9-10,17H2,1H3. The molecule has 1 unspecified atom stereocenters. The first kappa shape index (κ1) is 13.1. The number of thiophene rings is 1. The van der Waals surface area contributed by atoms with Crippen LogP contribution >= 0.6 is 11.3 Å². The fourth-order valence-electron chi connectivity index (χ4n) is 3.34. The molecule has 1 atom stereocenters. The van der Waals surface area contributed by atoms with Crippen LogP contribution in [0.5, 0.6) is 0 Å². The zero-order valence-electron chi connectivity index (χ0n) is 11.4. The van der Waals surface area contributed by atoms with Crippen LogP contribution in [0.2, 0.25) is 0 Å². The van der Waals surface area contributed by atoms with Crippen molar-refractivity contribution in [1.82, 2.24) is 0 Å². The number of benzene rings is 1. The maximum Gasteiger partial charge on any atom is 0.0870 e. The molecule has 0 radical (unpaired) electrons. The van der Waals surface area contributed by atoms with Gasteiger partial charge in [-0.05, 0) is 35.2 Å². The van der Waals surface area contributed by atoms with Gasteiger partial charge in [0.2, 0.25) is 0 Å². The highest BCUT2D eigenvalue weighted by atomic mass is 32.1. The lowest BCUT2D eigenvalue weighted by Crippen LogP contribution is -2.44. The van der Waals surface area contributed by atoms with E-state index in [1.54, 1.807) is 11.3 Å². The van der Waals surface area contributed by atoms with E-state index in [9.17, 15) is 0 Å². The van der Waals surface area contributed by atoms with Crippen LogP contribution in [0.25, 0.3) is 10.1 Å². The molecule has 3 heteroatoms. The largest absolute Gasteiger partial charge is 0.376 e. The van der Waals surface area contributed by atoms with E-state index >= 15 is 0 Å². The lowest BCUT2D eigenvalue weighted by Gasteiger charge is -2.41. The van der Waals surface area contributed by atoms with E-state index in [1.165, 1.54) is 34.9 Å². The Hall–Kier alpha value is -0.900. The summed E-state index contributed by atoms with van der Waals surface area (Å²) in [7, 11) is 1.82. The molecule has 3 rings (SSSR count). The summed E-state index contributed by atoms with van der Waals surface area (Å²) in [6.07, 6.45) is 5.91. The van der Waals surface area contributed by atoms with Crippen molar-refractivity contribution in [2.24, 2.45) is 5.73 Å². The predicted molar refractivity (Wildman–Crippen MR) is 81.6 cm³/mol. The summed E-state index contributed by atoms with van der Waals surface area (Å²) >= 11 is 1.78. The third-order valence-corrected chi connectivity index (χ3v) is 5.50. The van der Waals surface area contributed by atoms with Crippen LogP contribution in [0.1, 0.15) is 43.7 Å². The molecule has 0 bridgehead atoms. The molecule has 1 saturated carbocycles. The van der Waals surface area contributed by atoms with Gasteiger partial charge in [-0.3, -0.25) is 0 Å². The molecule has 1 fully saturated rings. The molecule has 2 N–H and O–H groups in total. The molecule has 1 aromatic carbocycles. The van der Waals surface area contributed by atoms with Gasteiger partial charge in [-0.15, -0.1) is 11.3 Å². The van der Waals surface area contributed by atoms with Gasteiger partial charge in [-0.1, -0.05) is 37.5 Å². The zero-order chi connectivity index (χ0) is 13.3. The summed E-state index contributed by atoms with van der Waals surface area (Å²) in [5.41, 5.74) is 7.70. The average molecular weight is 275 g/mol. The van der Waals surface area contributed by atoms with Crippen molar-refractivity contribution < 1.29 is 4.74 Å². The van der Waals surface area contributed by atoms with E-state index in [4.69, 9.17) is 10.5 Å². The molecule has 102 valence electrons. The molecular weight excluding hydrogens is 254 g/mol. The lowest BCUT2D eigenvalue weighted by molar-refractivity contribution is -0.0592. The molecule has 2 nitrogen and oxygen atoms in total. The van der Waals surface area contributed by atoms with Crippen LogP contribution < -0.4 is 5.73 Å². The van der Waals surface area contributed by atoms with E-state index in [0.717, 1.165) is 12.8 Å². The van der Waals surface area contributed by atoms with Crippen molar-refractivity contribution in [3.05, 3.63) is 35.2 Å². The molecule has 1 aliphatic rings. The van der Waals surface area contributed by atoms with Crippen molar-refractivity contribution in [1.29, 1.82) is 0 Å². The highest BCUT2D eigenvalue weighted by Gasteiger charge is 2.39. The average Bonchev–Trinajstić information content (AvgIpc) is 2.95. The minimum absolute atomic E-state index is 0.0276. The fraction of sp³-hybridized carbons (Fsp3) is 0.500. The number of rotatable bonds is 3. The van der Waals surface area contributed by atoms with Crippen molar-refractivity contribution in [2.75, 3.05) is 7.11 Å². The van der Waals surface area contributed by atoms with Gasteiger partial charge in [0.15, 0.2) is 0 Å². The van der Waals surface area contributed by atoms with Gasteiger partial charge in [0.1, 0.15) is 0 Å². The monoisotopic (exact) mass is 275 g/mol. The normalized spacial score (nSPS) is 20.5. The van der Waals surface area contributed by atoms with Crippen LogP contribution in [0.15, 0.2) is 29.6 Å². The Bertz CT molecular complexity index is 557. The number of ether oxygens (including phenoxy) is 1. The van der Waals surface area contributed by atoms with Crippen LogP contribution in [0.3, 0.4) is 0 Å². The maximum atomic E-state index is 6.62. The van der Waals surface area contributed by atoms with Gasteiger partial charge in [-0.2, -0.15) is 0 Å². The highest BCUT2D eigenvalue weighted by Crippen LogP contribution is 2.42. The smallest absolute Gasteiger partial charge is 0.0870 e. The summed E-state index contributed by atoms with van der Waals surface area (Å²) in [6, 6.07) is 8.56. The summed E-state index contributed by atoms with van der Waals surface area (Å²) in [5, 5.41) is 3.43. The van der Waals surface area contributed by atoms with Crippen molar-refractivity contribution in [3.8, 4) is 0 Å². The first-order chi connectivity index (χ1) is 9.27. The molecule has 1 aromatic heterocycles. The molecular formula is C16H21NOS. The molecule has 0 aliphatic heterocycles. The Morgan fingerprint density at radius 3 is 2.74 bits per heavy atom. The highest BCUT2D eigenvalue weighted by molar-refractivity contribution is 7.17. The molecule has 0 spiro atoms. The van der Waals surface area contributed by atoms with Gasteiger partial charge >= 0.3 is 0 Å². The first-order valence-electron chi connectivity index (χ1n) is 7.04. The van der Waals surface area contributed by atoms with E-state index in [2.05, 4.69) is 29.6 Å². The molecule has 2 aromatic rings. The fourth-order valence-corrected chi connectivity index (χ4v) is 4.29. The second-order valence-corrected chi connectivity index (χ2v) is 6.41. The third kappa shape index (κ3) is 2.20. The van der Waals surface area contributed by atoms with Gasteiger partial charge in [0.05, 0.1) is 11.6 Å². The number of hydrogen-bond donors (Lipinski definition) is 1. The zero-order valence-corrected chi connectivity index (χ0v) is 12.2. The van der Waals surface area contributed by atoms with Gasteiger partial charge in [0, 0.05) is 11.8 Å². The Morgan fingerprint density at radius 2 is 2.00 bits per heavy atom. The Kier molecular flexibility index (Phi) is 3.61. The summed E-state index contributed by atoms with van der Waals surface area (Å²) < 4.78 is 7.22. The van der Waals surface area contributed by atoms with Crippen molar-refractivity contribution in [3.63, 3.8) is 0 Å². The molecule has 1 aliphatic carbocycles. The van der Waals surface area contributed by atoms with Gasteiger partial charge < -0.3 is 10.5 Å². The van der Waals surface area contributed by atoms with Crippen molar-refractivity contribution >= 4 is 21.4 Å². The van der Waals surface area contributed by atoms with Crippen LogP contribution in [0.4, 0.5) is 0 Å². The van der Waals surface area contributed by atoms with Crippen LogP contribution in [-0.4, -0.2) is 12.7 Å². The lowest BCUT2D eigenvalue weighted by atomic mass is 9.77. The quantitative estimate of drug-likeness (QED) is 0.908. The third-order valence-electron chi connectivity index (χ3n) is 4.52. The van der Waals surface area contributed by atoms with Crippen LogP contribution in [0, 0.1) is 0 Å². The second-order valence-electron chi connectivity index (χ2n) is 5.49. The first-order valence-corrected chi connectivity index (χ1v) is 7.92. The molecule has 0 amide bonds. The maximum absolute atomic E-state index is 6.62. The minimum atomic E-state index is -0.170. The predicted octanol–water partition coefficient (Wildman–Crippen LogP) is 4.25. The summed E-state index contributed by atoms with van der Waals surface area (Å²) in [4.78, 5) is 0. The molecule has 19 heavy (non-hydrogen) atoms. The molecule has 0 saturated heterocycles. The number of hydrogen-bond acceptors (Lipinski definition) is 3.